The molecule has 3 aromatic heterocycles. The molecule has 0 aliphatic heterocycles. The summed E-state index contributed by atoms with van der Waals surface area (Å²) in [6, 6.07) is 4.59. The average molecular weight is 348 g/mol. The Balaban J connectivity index is 2.02. The molecule has 116 valence electrons. The lowest BCUT2D eigenvalue weighted by Gasteiger charge is -2.01. The maximum Gasteiger partial charge on any atom is 0.155 e. The summed E-state index contributed by atoms with van der Waals surface area (Å²) in [5, 5.41) is 3.88. The van der Waals surface area contributed by atoms with Crippen molar-refractivity contribution in [1.29, 1.82) is 0 Å². The predicted octanol–water partition coefficient (Wildman–Crippen LogP) is 4.08. The standard InChI is InChI=1S/C15H11ClFN5S/c1-18-13-10-12(22(2)6-19-10)11-15(21-13)23-14(20-11)7-3-4-9(17)8(16)5-7/h3-6H,1-2H3,(H,18,21). The number of nitrogens with one attached hydrogen (secondary N) is 1. The third-order valence-electron chi connectivity index (χ3n) is 3.61. The second-order valence-corrected chi connectivity index (χ2v) is 6.45. The van der Waals surface area contributed by atoms with Crippen molar-refractivity contribution in [1.82, 2.24) is 19.5 Å². The Morgan fingerprint density at radius 3 is 2.83 bits per heavy atom. The molecule has 0 saturated heterocycles. The fourth-order valence-electron chi connectivity index (χ4n) is 2.51. The fraction of sp³-hybridized carbons (Fsp3) is 0.133. The van der Waals surface area contributed by atoms with E-state index in [4.69, 9.17) is 11.6 Å². The molecule has 0 bridgehead atoms. The minimum absolute atomic E-state index is 0.0799. The summed E-state index contributed by atoms with van der Waals surface area (Å²) in [5.41, 5.74) is 3.23. The Hall–Kier alpha value is -2.25. The van der Waals surface area contributed by atoms with Gasteiger partial charge >= 0.3 is 0 Å². The van der Waals surface area contributed by atoms with Gasteiger partial charge in [-0.3, -0.25) is 0 Å². The monoisotopic (exact) mass is 347 g/mol. The molecule has 3 heterocycles. The molecule has 4 aromatic rings. The van der Waals surface area contributed by atoms with Crippen LogP contribution in [0.15, 0.2) is 24.5 Å². The number of pyridine rings is 1. The van der Waals surface area contributed by atoms with Gasteiger partial charge in [-0.05, 0) is 18.2 Å². The number of aromatic nitrogens is 4. The molecule has 8 heteroatoms. The zero-order chi connectivity index (χ0) is 16.1. The summed E-state index contributed by atoms with van der Waals surface area (Å²) in [6.07, 6.45) is 1.74. The van der Waals surface area contributed by atoms with E-state index in [0.717, 1.165) is 32.0 Å². The Morgan fingerprint density at radius 2 is 2.09 bits per heavy atom. The first-order chi connectivity index (χ1) is 11.1. The maximum atomic E-state index is 13.4. The van der Waals surface area contributed by atoms with E-state index in [2.05, 4.69) is 20.3 Å². The number of rotatable bonds is 2. The number of thiazole rings is 1. The highest BCUT2D eigenvalue weighted by Gasteiger charge is 2.17. The zero-order valence-electron chi connectivity index (χ0n) is 12.3. The topological polar surface area (TPSA) is 55.6 Å². The van der Waals surface area contributed by atoms with Gasteiger partial charge in [0.2, 0.25) is 0 Å². The largest absolute Gasteiger partial charge is 0.371 e. The number of anilines is 1. The molecule has 0 radical (unpaired) electrons. The summed E-state index contributed by atoms with van der Waals surface area (Å²) >= 11 is 7.31. The number of aryl methyl sites for hydroxylation is 1. The molecule has 1 aromatic carbocycles. The van der Waals surface area contributed by atoms with Crippen molar-refractivity contribution >= 4 is 50.1 Å². The van der Waals surface area contributed by atoms with Crippen LogP contribution in [0.25, 0.3) is 32.0 Å². The number of fused-ring (bicyclic) bond motifs is 3. The van der Waals surface area contributed by atoms with E-state index in [1.54, 1.807) is 18.5 Å². The van der Waals surface area contributed by atoms with Gasteiger partial charge in [0.15, 0.2) is 5.82 Å². The second kappa shape index (κ2) is 5.14. The molecule has 0 saturated carbocycles. The molecule has 0 spiro atoms. The molecule has 0 amide bonds. The van der Waals surface area contributed by atoms with Crippen LogP contribution in [0.1, 0.15) is 0 Å². The van der Waals surface area contributed by atoms with Crippen LogP contribution in [0.4, 0.5) is 10.2 Å². The Kier molecular flexibility index (Phi) is 3.21. The van der Waals surface area contributed by atoms with Crippen molar-refractivity contribution in [3.8, 4) is 10.6 Å². The number of halogens is 2. The highest BCUT2D eigenvalue weighted by atomic mass is 35.5. The predicted molar refractivity (Wildman–Crippen MR) is 91.6 cm³/mol. The van der Waals surface area contributed by atoms with Gasteiger partial charge < -0.3 is 9.88 Å². The second-order valence-electron chi connectivity index (χ2n) is 5.06. The Labute approximate surface area is 139 Å². The maximum absolute atomic E-state index is 13.4. The Morgan fingerprint density at radius 1 is 1.26 bits per heavy atom. The minimum Gasteiger partial charge on any atom is -0.371 e. The number of hydrogen-bond donors (Lipinski definition) is 1. The minimum atomic E-state index is -0.443. The van der Waals surface area contributed by atoms with Gasteiger partial charge in [-0.15, -0.1) is 0 Å². The Bertz CT molecular complexity index is 1060. The molecule has 1 N–H and O–H groups in total. The number of nitrogens with zero attached hydrogens (tertiary/aromatic N) is 4. The molecule has 0 aliphatic rings. The van der Waals surface area contributed by atoms with E-state index >= 15 is 0 Å². The van der Waals surface area contributed by atoms with E-state index in [1.807, 2.05) is 18.7 Å². The molecule has 0 unspecified atom stereocenters. The van der Waals surface area contributed by atoms with Crippen LogP contribution in [0.2, 0.25) is 5.02 Å². The lowest BCUT2D eigenvalue weighted by atomic mass is 10.2. The van der Waals surface area contributed by atoms with Crippen LogP contribution in [-0.2, 0) is 7.05 Å². The van der Waals surface area contributed by atoms with Gasteiger partial charge in [-0.1, -0.05) is 22.9 Å². The molecule has 0 atom stereocenters. The highest BCUT2D eigenvalue weighted by molar-refractivity contribution is 7.21. The highest BCUT2D eigenvalue weighted by Crippen LogP contribution is 2.35. The molecule has 0 aliphatic carbocycles. The van der Waals surface area contributed by atoms with Crippen LogP contribution in [0.3, 0.4) is 0 Å². The zero-order valence-corrected chi connectivity index (χ0v) is 13.8. The van der Waals surface area contributed by atoms with Gasteiger partial charge in [-0.2, -0.15) is 0 Å². The molecular formula is C15H11ClFN5S. The van der Waals surface area contributed by atoms with Crippen LogP contribution in [0.5, 0.6) is 0 Å². The molecule has 4 rings (SSSR count). The third kappa shape index (κ3) is 2.15. The van der Waals surface area contributed by atoms with Crippen molar-refractivity contribution in [3.63, 3.8) is 0 Å². The SMILES string of the molecule is CNc1nc2sc(-c3ccc(F)c(Cl)c3)nc2c2c1ncn2C. The van der Waals surface area contributed by atoms with Gasteiger partial charge in [0.25, 0.3) is 0 Å². The summed E-state index contributed by atoms with van der Waals surface area (Å²) in [4.78, 5) is 14.4. The lowest BCUT2D eigenvalue weighted by Crippen LogP contribution is -1.95. The van der Waals surface area contributed by atoms with E-state index in [0.29, 0.717) is 5.82 Å². The summed E-state index contributed by atoms with van der Waals surface area (Å²) in [6.45, 7) is 0. The van der Waals surface area contributed by atoms with Crippen LogP contribution in [0, 0.1) is 5.82 Å². The molecular weight excluding hydrogens is 337 g/mol. The van der Waals surface area contributed by atoms with Gasteiger partial charge in [0.05, 0.1) is 11.3 Å². The van der Waals surface area contributed by atoms with Gasteiger partial charge in [0, 0.05) is 19.7 Å². The number of hydrogen-bond acceptors (Lipinski definition) is 5. The fourth-order valence-corrected chi connectivity index (χ4v) is 3.63. The summed E-state index contributed by atoms with van der Waals surface area (Å²) in [7, 11) is 3.73. The van der Waals surface area contributed by atoms with Crippen LogP contribution >= 0.6 is 22.9 Å². The van der Waals surface area contributed by atoms with Crippen LogP contribution < -0.4 is 5.32 Å². The van der Waals surface area contributed by atoms with E-state index < -0.39 is 5.82 Å². The smallest absolute Gasteiger partial charge is 0.155 e. The normalized spacial score (nSPS) is 11.5. The molecule has 5 nitrogen and oxygen atoms in total. The number of benzene rings is 1. The summed E-state index contributed by atoms with van der Waals surface area (Å²) in [5.74, 6) is 0.265. The van der Waals surface area contributed by atoms with Crippen molar-refractivity contribution < 1.29 is 4.39 Å². The molecule has 23 heavy (non-hydrogen) atoms. The van der Waals surface area contributed by atoms with Gasteiger partial charge in [0.1, 0.15) is 32.2 Å². The van der Waals surface area contributed by atoms with E-state index in [-0.39, 0.29) is 5.02 Å². The lowest BCUT2D eigenvalue weighted by molar-refractivity contribution is 0.628. The van der Waals surface area contributed by atoms with Crippen molar-refractivity contribution in [2.75, 3.05) is 12.4 Å². The quantitative estimate of drug-likeness (QED) is 0.593. The third-order valence-corrected chi connectivity index (χ3v) is 4.90. The van der Waals surface area contributed by atoms with E-state index in [9.17, 15) is 4.39 Å². The van der Waals surface area contributed by atoms with Crippen LogP contribution in [-0.4, -0.2) is 26.6 Å². The first kappa shape index (κ1) is 14.3. The van der Waals surface area contributed by atoms with Crippen molar-refractivity contribution in [2.24, 2.45) is 7.05 Å². The summed E-state index contributed by atoms with van der Waals surface area (Å²) < 4.78 is 15.3. The number of imidazole rings is 1. The first-order valence-electron chi connectivity index (χ1n) is 6.83. The first-order valence-corrected chi connectivity index (χ1v) is 8.02. The van der Waals surface area contributed by atoms with E-state index in [1.165, 1.54) is 17.4 Å². The van der Waals surface area contributed by atoms with Crippen molar-refractivity contribution in [2.45, 2.75) is 0 Å². The van der Waals surface area contributed by atoms with Gasteiger partial charge in [-0.25, -0.2) is 19.3 Å². The van der Waals surface area contributed by atoms with Crippen molar-refractivity contribution in [3.05, 3.63) is 35.4 Å². The molecule has 0 fully saturated rings. The average Bonchev–Trinajstić information content (AvgIpc) is 3.12.